The fraction of sp³-hybridized carbons (Fsp3) is 0.417. The van der Waals surface area contributed by atoms with Gasteiger partial charge in [0.25, 0.3) is 0 Å². The maximum Gasteiger partial charge on any atom is 0.233 e. The number of amides is 1. The number of nitrogens with zero attached hydrogens (tertiary/aromatic N) is 3. The molecule has 1 saturated heterocycles. The second-order valence-corrected chi connectivity index (χ2v) is 9.51. The molecule has 0 atom stereocenters. The number of ether oxygens (including phenoxy) is 1. The van der Waals surface area contributed by atoms with E-state index in [1.807, 2.05) is 23.1 Å². The van der Waals surface area contributed by atoms with Crippen LogP contribution in [-0.2, 0) is 16.0 Å². The molecule has 164 valence electrons. The van der Waals surface area contributed by atoms with E-state index in [1.54, 1.807) is 0 Å². The van der Waals surface area contributed by atoms with E-state index in [9.17, 15) is 4.79 Å². The summed E-state index contributed by atoms with van der Waals surface area (Å²) in [5.74, 6) is 0.0841. The smallest absolute Gasteiger partial charge is 0.233 e. The van der Waals surface area contributed by atoms with E-state index in [1.165, 1.54) is 16.9 Å². The number of thiazole rings is 1. The van der Waals surface area contributed by atoms with E-state index in [4.69, 9.17) is 21.3 Å². The highest BCUT2D eigenvalue weighted by molar-refractivity contribution is 7.22. The molecule has 7 heteroatoms. The van der Waals surface area contributed by atoms with Crippen LogP contribution >= 0.6 is 22.9 Å². The fourth-order valence-electron chi connectivity index (χ4n) is 3.86. The first-order valence-corrected chi connectivity index (χ1v) is 11.9. The molecule has 1 fully saturated rings. The van der Waals surface area contributed by atoms with Crippen LogP contribution in [0, 0.1) is 13.8 Å². The lowest BCUT2D eigenvalue weighted by Gasteiger charge is -2.27. The van der Waals surface area contributed by atoms with Crippen LogP contribution in [0.4, 0.5) is 5.13 Å². The van der Waals surface area contributed by atoms with Gasteiger partial charge in [-0.1, -0.05) is 46.7 Å². The molecule has 1 amide bonds. The van der Waals surface area contributed by atoms with Crippen LogP contribution in [0.5, 0.6) is 0 Å². The average molecular weight is 458 g/mol. The molecule has 1 aliphatic heterocycles. The quantitative estimate of drug-likeness (QED) is 0.508. The third-order valence-electron chi connectivity index (χ3n) is 5.68. The molecule has 1 aromatic heterocycles. The van der Waals surface area contributed by atoms with Crippen LogP contribution in [0.1, 0.15) is 23.1 Å². The molecule has 2 heterocycles. The van der Waals surface area contributed by atoms with E-state index in [0.717, 1.165) is 65.7 Å². The molecule has 0 aliphatic carbocycles. The number of halogens is 1. The standard InChI is InChI=1S/C24H28ClN3O2S/c1-17-4-5-18(2)19(14-17)15-23(29)28(9-3-8-27-10-12-30-13-11-27)24-26-21-7-6-20(25)16-22(21)31-24/h4-7,14,16H,3,8-13,15H2,1-2H3. The molecule has 0 saturated carbocycles. The Morgan fingerprint density at radius 2 is 2.00 bits per heavy atom. The SMILES string of the molecule is Cc1ccc(C)c(CC(=O)N(CCCN2CCOCC2)c2nc3ccc(Cl)cc3s2)c1. The molecule has 31 heavy (non-hydrogen) atoms. The topological polar surface area (TPSA) is 45.7 Å². The highest BCUT2D eigenvalue weighted by atomic mass is 35.5. The number of carbonyl (C=O) groups excluding carboxylic acids is 1. The second kappa shape index (κ2) is 10.1. The van der Waals surface area contributed by atoms with Gasteiger partial charge in [-0.25, -0.2) is 4.98 Å². The Kier molecular flexibility index (Phi) is 7.23. The molecular weight excluding hydrogens is 430 g/mol. The second-order valence-electron chi connectivity index (χ2n) is 8.07. The van der Waals surface area contributed by atoms with Gasteiger partial charge in [0.2, 0.25) is 5.91 Å². The van der Waals surface area contributed by atoms with Crippen molar-refractivity contribution in [3.8, 4) is 0 Å². The summed E-state index contributed by atoms with van der Waals surface area (Å²) in [6, 6.07) is 11.9. The normalized spacial score (nSPS) is 14.8. The first-order valence-electron chi connectivity index (χ1n) is 10.7. The van der Waals surface area contributed by atoms with Crippen molar-refractivity contribution >= 4 is 44.2 Å². The fourth-order valence-corrected chi connectivity index (χ4v) is 5.14. The summed E-state index contributed by atoms with van der Waals surface area (Å²) in [6.45, 7) is 9.20. The largest absolute Gasteiger partial charge is 0.379 e. The van der Waals surface area contributed by atoms with Gasteiger partial charge in [-0.3, -0.25) is 14.6 Å². The number of rotatable bonds is 7. The Labute approximate surface area is 192 Å². The van der Waals surface area contributed by atoms with Crippen LogP contribution in [0.3, 0.4) is 0 Å². The van der Waals surface area contributed by atoms with E-state index < -0.39 is 0 Å². The summed E-state index contributed by atoms with van der Waals surface area (Å²) in [6.07, 6.45) is 1.27. The zero-order valence-electron chi connectivity index (χ0n) is 18.1. The number of fused-ring (bicyclic) bond motifs is 1. The summed E-state index contributed by atoms with van der Waals surface area (Å²) < 4.78 is 6.44. The van der Waals surface area contributed by atoms with E-state index in [2.05, 4.69) is 36.9 Å². The molecule has 0 bridgehead atoms. The summed E-state index contributed by atoms with van der Waals surface area (Å²) in [5.41, 5.74) is 4.26. The Morgan fingerprint density at radius 1 is 1.19 bits per heavy atom. The Morgan fingerprint density at radius 3 is 2.81 bits per heavy atom. The van der Waals surface area contributed by atoms with Gasteiger partial charge in [0.05, 0.1) is 29.9 Å². The lowest BCUT2D eigenvalue weighted by molar-refractivity contribution is -0.118. The molecule has 5 nitrogen and oxygen atoms in total. The van der Waals surface area contributed by atoms with Crippen molar-refractivity contribution in [1.82, 2.24) is 9.88 Å². The maximum atomic E-state index is 13.4. The minimum atomic E-state index is 0.0841. The lowest BCUT2D eigenvalue weighted by Crippen LogP contribution is -2.39. The van der Waals surface area contributed by atoms with Gasteiger partial charge in [-0.15, -0.1) is 0 Å². The van der Waals surface area contributed by atoms with Crippen LogP contribution in [-0.4, -0.2) is 55.2 Å². The summed E-state index contributed by atoms with van der Waals surface area (Å²) in [5, 5.41) is 1.43. The highest BCUT2D eigenvalue weighted by Gasteiger charge is 2.21. The number of aryl methyl sites for hydroxylation is 2. The highest BCUT2D eigenvalue weighted by Crippen LogP contribution is 2.31. The van der Waals surface area contributed by atoms with Gasteiger partial charge in [0, 0.05) is 31.2 Å². The molecule has 1 aliphatic rings. The van der Waals surface area contributed by atoms with Crippen molar-refractivity contribution in [3.05, 3.63) is 58.1 Å². The van der Waals surface area contributed by atoms with Gasteiger partial charge < -0.3 is 4.74 Å². The molecule has 2 aromatic carbocycles. The molecule has 0 unspecified atom stereocenters. The summed E-state index contributed by atoms with van der Waals surface area (Å²) in [7, 11) is 0. The zero-order chi connectivity index (χ0) is 21.8. The zero-order valence-corrected chi connectivity index (χ0v) is 19.6. The predicted octanol–water partition coefficient (Wildman–Crippen LogP) is 4.86. The first-order chi connectivity index (χ1) is 15.0. The van der Waals surface area contributed by atoms with Crippen molar-refractivity contribution in [2.75, 3.05) is 44.3 Å². The Hall–Kier alpha value is -1.99. The van der Waals surface area contributed by atoms with E-state index in [0.29, 0.717) is 18.0 Å². The van der Waals surface area contributed by atoms with Gasteiger partial charge in [0.1, 0.15) is 0 Å². The summed E-state index contributed by atoms with van der Waals surface area (Å²) in [4.78, 5) is 22.4. The van der Waals surface area contributed by atoms with Crippen LogP contribution < -0.4 is 4.90 Å². The van der Waals surface area contributed by atoms with Crippen molar-refractivity contribution in [2.24, 2.45) is 0 Å². The Bertz CT molecular complexity index is 1060. The van der Waals surface area contributed by atoms with E-state index in [-0.39, 0.29) is 5.91 Å². The number of morpholine rings is 1. The minimum Gasteiger partial charge on any atom is -0.379 e. The third-order valence-corrected chi connectivity index (χ3v) is 6.95. The molecule has 3 aromatic rings. The monoisotopic (exact) mass is 457 g/mol. The van der Waals surface area contributed by atoms with E-state index >= 15 is 0 Å². The van der Waals surface area contributed by atoms with Crippen molar-refractivity contribution in [1.29, 1.82) is 0 Å². The average Bonchev–Trinajstić information content (AvgIpc) is 3.17. The van der Waals surface area contributed by atoms with Crippen LogP contribution in [0.15, 0.2) is 36.4 Å². The first kappa shape index (κ1) is 22.2. The number of hydrogen-bond acceptors (Lipinski definition) is 5. The Balaban J connectivity index is 1.54. The number of benzene rings is 2. The number of aromatic nitrogens is 1. The number of hydrogen-bond donors (Lipinski definition) is 0. The maximum absolute atomic E-state index is 13.4. The number of anilines is 1. The van der Waals surface area contributed by atoms with Gasteiger partial charge in [-0.2, -0.15) is 0 Å². The predicted molar refractivity (Wildman–Crippen MR) is 128 cm³/mol. The van der Waals surface area contributed by atoms with Gasteiger partial charge >= 0.3 is 0 Å². The molecule has 0 spiro atoms. The van der Waals surface area contributed by atoms with Crippen LogP contribution in [0.25, 0.3) is 10.2 Å². The molecule has 0 radical (unpaired) electrons. The lowest BCUT2D eigenvalue weighted by atomic mass is 10.0. The van der Waals surface area contributed by atoms with Crippen molar-refractivity contribution in [3.63, 3.8) is 0 Å². The van der Waals surface area contributed by atoms with Gasteiger partial charge in [-0.05, 0) is 49.6 Å². The van der Waals surface area contributed by atoms with Crippen molar-refractivity contribution < 1.29 is 9.53 Å². The number of carbonyl (C=O) groups is 1. The molecular formula is C24H28ClN3O2S. The third kappa shape index (κ3) is 5.63. The summed E-state index contributed by atoms with van der Waals surface area (Å²) >= 11 is 7.69. The van der Waals surface area contributed by atoms with Crippen LogP contribution in [0.2, 0.25) is 5.02 Å². The minimum absolute atomic E-state index is 0.0841. The molecule has 0 N–H and O–H groups in total. The molecule has 4 rings (SSSR count). The van der Waals surface area contributed by atoms with Crippen molar-refractivity contribution in [2.45, 2.75) is 26.7 Å². The van der Waals surface area contributed by atoms with Gasteiger partial charge in [0.15, 0.2) is 5.13 Å².